The minimum atomic E-state index is -3.62. The Morgan fingerprint density at radius 1 is 0.900 bits per heavy atom. The van der Waals surface area contributed by atoms with Crippen LogP contribution in [0, 0.1) is 0 Å². The summed E-state index contributed by atoms with van der Waals surface area (Å²) in [7, 11) is -3.62. The number of halogens is 2. The van der Waals surface area contributed by atoms with Crippen molar-refractivity contribution >= 4 is 50.7 Å². The second-order valence-corrected chi connectivity index (χ2v) is 12.3. The van der Waals surface area contributed by atoms with Gasteiger partial charge in [0.15, 0.2) is 0 Å². The maximum Gasteiger partial charge on any atom is 0.243 e. The van der Waals surface area contributed by atoms with Crippen LogP contribution in [0.25, 0.3) is 0 Å². The molecule has 0 heterocycles. The zero-order valence-electron chi connectivity index (χ0n) is 22.7. The Kier molecular flexibility index (Phi) is 11.9. The Balaban J connectivity index is 1.87. The van der Waals surface area contributed by atoms with Gasteiger partial charge in [0.05, 0.1) is 11.9 Å². The third-order valence-corrected chi connectivity index (χ3v) is 7.97. The van der Waals surface area contributed by atoms with Crippen LogP contribution < -0.4 is 9.62 Å². The molecule has 0 bridgehead atoms. The molecule has 3 aromatic carbocycles. The molecule has 40 heavy (non-hydrogen) atoms. The van der Waals surface area contributed by atoms with Crippen LogP contribution in [0.15, 0.2) is 78.9 Å². The van der Waals surface area contributed by atoms with E-state index in [-0.39, 0.29) is 37.7 Å². The second-order valence-electron chi connectivity index (χ2n) is 9.57. The number of nitrogens with one attached hydrogen (secondary N) is 1. The summed E-state index contributed by atoms with van der Waals surface area (Å²) in [6.07, 6.45) is 2.51. The van der Waals surface area contributed by atoms with E-state index in [0.717, 1.165) is 23.8 Å². The van der Waals surface area contributed by atoms with Gasteiger partial charge >= 0.3 is 0 Å². The van der Waals surface area contributed by atoms with E-state index in [1.165, 1.54) is 4.31 Å². The molecule has 7 nitrogen and oxygen atoms in total. The number of carbonyl (C=O) groups is 2. The molecule has 10 heteroatoms. The highest BCUT2D eigenvalue weighted by Gasteiger charge is 2.30. The second kappa shape index (κ2) is 15.1. The highest BCUT2D eigenvalue weighted by Crippen LogP contribution is 2.23. The first-order valence-electron chi connectivity index (χ1n) is 13.2. The number of carbonyl (C=O) groups excluding carboxylic acids is 2. The van der Waals surface area contributed by atoms with E-state index in [9.17, 15) is 18.0 Å². The fourth-order valence-electron chi connectivity index (χ4n) is 4.39. The van der Waals surface area contributed by atoms with Gasteiger partial charge in [-0.05, 0) is 54.3 Å². The number of nitrogens with zero attached hydrogens (tertiary/aromatic N) is 2. The summed E-state index contributed by atoms with van der Waals surface area (Å²) in [5.41, 5.74) is 2.14. The molecule has 0 saturated carbocycles. The van der Waals surface area contributed by atoms with Crippen molar-refractivity contribution in [2.24, 2.45) is 0 Å². The van der Waals surface area contributed by atoms with Crippen LogP contribution in [-0.2, 0) is 32.6 Å². The number of benzene rings is 3. The Morgan fingerprint density at radius 2 is 1.55 bits per heavy atom. The minimum absolute atomic E-state index is 0.0412. The summed E-state index contributed by atoms with van der Waals surface area (Å²) in [6.45, 7) is 2.73. The molecule has 3 aromatic rings. The van der Waals surface area contributed by atoms with E-state index in [2.05, 4.69) is 5.32 Å². The summed E-state index contributed by atoms with van der Waals surface area (Å²) in [6, 6.07) is 22.6. The number of rotatable bonds is 14. The van der Waals surface area contributed by atoms with E-state index in [1.54, 1.807) is 47.4 Å². The molecule has 0 spiro atoms. The lowest BCUT2D eigenvalue weighted by atomic mass is 10.0. The van der Waals surface area contributed by atoms with E-state index in [4.69, 9.17) is 23.2 Å². The summed E-state index contributed by atoms with van der Waals surface area (Å²) in [5.74, 6) is -0.495. The average Bonchev–Trinajstić information content (AvgIpc) is 2.91. The highest BCUT2D eigenvalue weighted by molar-refractivity contribution is 7.92. The Hall–Kier alpha value is -3.07. The van der Waals surface area contributed by atoms with Gasteiger partial charge in [0.1, 0.15) is 6.04 Å². The van der Waals surface area contributed by atoms with Gasteiger partial charge in [0.2, 0.25) is 21.8 Å². The van der Waals surface area contributed by atoms with Gasteiger partial charge in [-0.2, -0.15) is 0 Å². The number of amides is 2. The average molecular weight is 605 g/mol. The van der Waals surface area contributed by atoms with Gasteiger partial charge in [-0.15, -0.1) is 0 Å². The normalized spacial score (nSPS) is 12.0. The first kappa shape index (κ1) is 31.5. The third-order valence-electron chi connectivity index (χ3n) is 6.31. The fraction of sp³-hybridized carbons (Fsp3) is 0.333. The van der Waals surface area contributed by atoms with Gasteiger partial charge in [-0.1, -0.05) is 78.7 Å². The summed E-state index contributed by atoms with van der Waals surface area (Å²) < 4.78 is 26.3. The van der Waals surface area contributed by atoms with Crippen LogP contribution in [0.4, 0.5) is 5.69 Å². The van der Waals surface area contributed by atoms with E-state index < -0.39 is 16.1 Å². The zero-order valence-corrected chi connectivity index (χ0v) is 25.1. The summed E-state index contributed by atoms with van der Waals surface area (Å²) >= 11 is 12.3. The SMILES string of the molecule is CCCNC(=O)[C@@H](Cc1ccccc1)N(Cc1cccc(Cl)c1)C(=O)CCCN(c1cccc(Cl)c1)S(C)(=O)=O. The number of hydrogen-bond donors (Lipinski definition) is 1. The van der Waals surface area contributed by atoms with Crippen molar-refractivity contribution in [1.82, 2.24) is 10.2 Å². The van der Waals surface area contributed by atoms with Gasteiger partial charge in [-0.25, -0.2) is 8.42 Å². The largest absolute Gasteiger partial charge is 0.354 e. The lowest BCUT2D eigenvalue weighted by molar-refractivity contribution is -0.141. The maximum atomic E-state index is 13.8. The van der Waals surface area contributed by atoms with Crippen molar-refractivity contribution in [2.45, 2.75) is 45.2 Å². The molecular formula is C30H35Cl2N3O4S. The predicted molar refractivity (Wildman–Crippen MR) is 162 cm³/mol. The Morgan fingerprint density at radius 3 is 2.17 bits per heavy atom. The van der Waals surface area contributed by atoms with Crippen molar-refractivity contribution in [3.8, 4) is 0 Å². The summed E-state index contributed by atoms with van der Waals surface area (Å²) in [4.78, 5) is 28.8. The van der Waals surface area contributed by atoms with Crippen LogP contribution >= 0.6 is 23.2 Å². The standard InChI is InChI=1S/C30H35Cl2N3O4S/c1-3-17-33-30(37)28(20-23-10-5-4-6-11-23)34(22-24-12-7-13-25(31)19-24)29(36)16-9-18-35(40(2,38)39)27-15-8-14-26(32)21-27/h4-8,10-15,19,21,28H,3,9,16-18,20,22H2,1-2H3,(H,33,37)/t28-/m1/s1. The van der Waals surface area contributed by atoms with Crippen LogP contribution in [0.1, 0.15) is 37.3 Å². The monoisotopic (exact) mass is 603 g/mol. The predicted octanol–water partition coefficient (Wildman–Crippen LogP) is 5.71. The Labute approximate surface area is 247 Å². The van der Waals surface area contributed by atoms with Gasteiger partial charge in [0, 0.05) is 42.5 Å². The zero-order chi connectivity index (χ0) is 29.1. The maximum absolute atomic E-state index is 13.8. The van der Waals surface area contributed by atoms with Crippen molar-refractivity contribution < 1.29 is 18.0 Å². The van der Waals surface area contributed by atoms with Gasteiger partial charge in [0.25, 0.3) is 0 Å². The molecular weight excluding hydrogens is 569 g/mol. The van der Waals surface area contributed by atoms with E-state index in [0.29, 0.717) is 28.7 Å². The van der Waals surface area contributed by atoms with E-state index in [1.807, 2.05) is 43.3 Å². The molecule has 0 fully saturated rings. The Bertz CT molecular complexity index is 1390. The molecule has 1 atom stereocenters. The summed E-state index contributed by atoms with van der Waals surface area (Å²) in [5, 5.41) is 3.89. The molecule has 0 saturated heterocycles. The van der Waals surface area contributed by atoms with Crippen molar-refractivity contribution in [1.29, 1.82) is 0 Å². The molecule has 0 aliphatic rings. The molecule has 0 aliphatic heterocycles. The topological polar surface area (TPSA) is 86.8 Å². The fourth-order valence-corrected chi connectivity index (χ4v) is 5.74. The molecule has 0 aromatic heterocycles. The molecule has 1 N–H and O–H groups in total. The third kappa shape index (κ3) is 9.54. The smallest absolute Gasteiger partial charge is 0.243 e. The minimum Gasteiger partial charge on any atom is -0.354 e. The number of anilines is 1. The molecule has 214 valence electrons. The van der Waals surface area contributed by atoms with Crippen LogP contribution in [-0.4, -0.2) is 50.5 Å². The highest BCUT2D eigenvalue weighted by atomic mass is 35.5. The van der Waals surface area contributed by atoms with Crippen LogP contribution in [0.5, 0.6) is 0 Å². The molecule has 0 aliphatic carbocycles. The lowest BCUT2D eigenvalue weighted by Gasteiger charge is -2.32. The first-order valence-corrected chi connectivity index (χ1v) is 15.8. The van der Waals surface area contributed by atoms with Crippen LogP contribution in [0.3, 0.4) is 0 Å². The van der Waals surface area contributed by atoms with E-state index >= 15 is 0 Å². The van der Waals surface area contributed by atoms with Crippen molar-refractivity contribution in [3.05, 3.63) is 100 Å². The number of hydrogen-bond acceptors (Lipinski definition) is 4. The van der Waals surface area contributed by atoms with Crippen LogP contribution in [0.2, 0.25) is 10.0 Å². The van der Waals surface area contributed by atoms with Crippen molar-refractivity contribution in [3.63, 3.8) is 0 Å². The van der Waals surface area contributed by atoms with Gasteiger partial charge in [-0.3, -0.25) is 13.9 Å². The lowest BCUT2D eigenvalue weighted by Crippen LogP contribution is -2.50. The quantitative estimate of drug-likeness (QED) is 0.256. The molecule has 0 radical (unpaired) electrons. The van der Waals surface area contributed by atoms with Crippen molar-refractivity contribution in [2.75, 3.05) is 23.7 Å². The molecule has 3 rings (SSSR count). The number of sulfonamides is 1. The first-order chi connectivity index (χ1) is 19.1. The molecule has 2 amide bonds. The molecule has 0 unspecified atom stereocenters. The van der Waals surface area contributed by atoms with Gasteiger partial charge < -0.3 is 10.2 Å².